The van der Waals surface area contributed by atoms with Crippen molar-refractivity contribution < 1.29 is 9.53 Å². The summed E-state index contributed by atoms with van der Waals surface area (Å²) >= 11 is 0. The number of hydrogen-bond acceptors (Lipinski definition) is 3. The minimum absolute atomic E-state index is 0. The molecule has 1 aliphatic rings. The third-order valence-electron chi connectivity index (χ3n) is 3.07. The van der Waals surface area contributed by atoms with Crippen LogP contribution in [0.4, 0.5) is 0 Å². The standard InChI is InChI=1S/C14H20N2O2.ClH/c1-11-4-2-6-13(8-11)18-10-14(17)16-9-12-5-3-7-15-12;/h2,4,6,8,12,15H,3,5,7,9-10H2,1H3,(H,16,17);1H. The van der Waals surface area contributed by atoms with Gasteiger partial charge in [-0.3, -0.25) is 4.79 Å². The second-order valence-corrected chi connectivity index (χ2v) is 4.70. The highest BCUT2D eigenvalue weighted by Crippen LogP contribution is 2.11. The Labute approximate surface area is 120 Å². The van der Waals surface area contributed by atoms with E-state index in [1.165, 1.54) is 6.42 Å². The van der Waals surface area contributed by atoms with E-state index in [9.17, 15) is 4.79 Å². The SMILES string of the molecule is Cc1cccc(OCC(=O)NCC2CCCN2)c1.Cl. The number of halogens is 1. The molecule has 2 N–H and O–H groups in total. The number of rotatable bonds is 5. The minimum atomic E-state index is -0.0646. The van der Waals surface area contributed by atoms with Crippen molar-refractivity contribution in [3.05, 3.63) is 29.8 Å². The molecule has 0 aromatic heterocycles. The van der Waals surface area contributed by atoms with Crippen LogP contribution in [0.15, 0.2) is 24.3 Å². The molecule has 1 aliphatic heterocycles. The Morgan fingerprint density at radius 2 is 2.37 bits per heavy atom. The number of amides is 1. The summed E-state index contributed by atoms with van der Waals surface area (Å²) in [6, 6.07) is 8.13. The molecule has 106 valence electrons. The molecule has 1 amide bonds. The van der Waals surface area contributed by atoms with Gasteiger partial charge < -0.3 is 15.4 Å². The zero-order chi connectivity index (χ0) is 12.8. The molecule has 1 saturated heterocycles. The summed E-state index contributed by atoms with van der Waals surface area (Å²) in [5.41, 5.74) is 1.13. The van der Waals surface area contributed by atoms with Crippen LogP contribution < -0.4 is 15.4 Å². The van der Waals surface area contributed by atoms with Crippen molar-refractivity contribution in [1.29, 1.82) is 0 Å². The van der Waals surface area contributed by atoms with Crippen molar-refractivity contribution in [3.63, 3.8) is 0 Å². The largest absolute Gasteiger partial charge is 0.484 e. The van der Waals surface area contributed by atoms with Crippen LogP contribution in [-0.2, 0) is 4.79 Å². The van der Waals surface area contributed by atoms with Crippen molar-refractivity contribution in [2.24, 2.45) is 0 Å². The molecule has 1 unspecified atom stereocenters. The van der Waals surface area contributed by atoms with Crippen LogP contribution >= 0.6 is 12.4 Å². The molecule has 19 heavy (non-hydrogen) atoms. The Balaban J connectivity index is 0.00000180. The molecule has 0 bridgehead atoms. The van der Waals surface area contributed by atoms with E-state index >= 15 is 0 Å². The average Bonchev–Trinajstić information content (AvgIpc) is 2.87. The van der Waals surface area contributed by atoms with Gasteiger partial charge in [0.05, 0.1) is 0 Å². The van der Waals surface area contributed by atoms with Gasteiger partial charge in [-0.25, -0.2) is 0 Å². The molecule has 1 atom stereocenters. The summed E-state index contributed by atoms with van der Waals surface area (Å²) in [6.07, 6.45) is 2.33. The summed E-state index contributed by atoms with van der Waals surface area (Å²) in [6.45, 7) is 3.82. The maximum Gasteiger partial charge on any atom is 0.257 e. The summed E-state index contributed by atoms with van der Waals surface area (Å²) < 4.78 is 5.43. The minimum Gasteiger partial charge on any atom is -0.484 e. The van der Waals surface area contributed by atoms with E-state index in [4.69, 9.17) is 4.74 Å². The molecule has 4 nitrogen and oxygen atoms in total. The maximum absolute atomic E-state index is 11.6. The molecule has 1 aromatic carbocycles. The monoisotopic (exact) mass is 284 g/mol. The van der Waals surface area contributed by atoms with Gasteiger partial charge in [0, 0.05) is 12.6 Å². The molecule has 1 heterocycles. The van der Waals surface area contributed by atoms with Crippen LogP contribution in [-0.4, -0.2) is 31.6 Å². The molecular formula is C14H21ClN2O2. The van der Waals surface area contributed by atoms with Gasteiger partial charge >= 0.3 is 0 Å². The van der Waals surface area contributed by atoms with Gasteiger partial charge in [-0.05, 0) is 44.0 Å². The third kappa shape index (κ3) is 5.49. The van der Waals surface area contributed by atoms with Crippen molar-refractivity contribution in [1.82, 2.24) is 10.6 Å². The first kappa shape index (κ1) is 15.8. The Kier molecular flexibility index (Phi) is 6.67. The number of benzene rings is 1. The number of hydrogen-bond donors (Lipinski definition) is 2. The Morgan fingerprint density at radius 1 is 1.53 bits per heavy atom. The van der Waals surface area contributed by atoms with Gasteiger partial charge in [0.2, 0.25) is 0 Å². The Morgan fingerprint density at radius 3 is 3.05 bits per heavy atom. The van der Waals surface area contributed by atoms with Gasteiger partial charge in [0.1, 0.15) is 5.75 Å². The van der Waals surface area contributed by atoms with Crippen LogP contribution in [0.1, 0.15) is 18.4 Å². The van der Waals surface area contributed by atoms with Gasteiger partial charge in [0.25, 0.3) is 5.91 Å². The van der Waals surface area contributed by atoms with Crippen LogP contribution in [0, 0.1) is 6.92 Å². The Hall–Kier alpha value is -1.26. The zero-order valence-electron chi connectivity index (χ0n) is 11.1. The number of carbonyl (C=O) groups excluding carboxylic acids is 1. The van der Waals surface area contributed by atoms with Crippen molar-refractivity contribution in [2.45, 2.75) is 25.8 Å². The summed E-state index contributed by atoms with van der Waals surface area (Å²) in [5, 5.41) is 6.22. The number of ether oxygens (including phenoxy) is 1. The number of aryl methyl sites for hydroxylation is 1. The van der Waals surface area contributed by atoms with Crippen LogP contribution in [0.2, 0.25) is 0 Å². The third-order valence-corrected chi connectivity index (χ3v) is 3.07. The van der Waals surface area contributed by atoms with E-state index in [1.807, 2.05) is 31.2 Å². The normalized spacial score (nSPS) is 17.6. The van der Waals surface area contributed by atoms with Gasteiger partial charge in [0.15, 0.2) is 6.61 Å². The highest BCUT2D eigenvalue weighted by atomic mass is 35.5. The fourth-order valence-corrected chi connectivity index (χ4v) is 2.07. The molecule has 0 aliphatic carbocycles. The lowest BCUT2D eigenvalue weighted by molar-refractivity contribution is -0.123. The first-order chi connectivity index (χ1) is 8.74. The molecule has 1 aromatic rings. The predicted octanol–water partition coefficient (Wildman–Crippen LogP) is 1.66. The topological polar surface area (TPSA) is 50.4 Å². The first-order valence-corrected chi connectivity index (χ1v) is 6.43. The maximum atomic E-state index is 11.6. The molecule has 5 heteroatoms. The fourth-order valence-electron chi connectivity index (χ4n) is 2.07. The molecule has 0 spiro atoms. The molecule has 2 rings (SSSR count). The van der Waals surface area contributed by atoms with Crippen LogP contribution in [0.3, 0.4) is 0 Å². The molecule has 1 fully saturated rings. The number of nitrogens with one attached hydrogen (secondary N) is 2. The van der Waals surface area contributed by atoms with Crippen molar-refractivity contribution in [2.75, 3.05) is 19.7 Å². The smallest absolute Gasteiger partial charge is 0.257 e. The van der Waals surface area contributed by atoms with Crippen LogP contribution in [0.5, 0.6) is 5.75 Å². The Bertz CT molecular complexity index is 406. The van der Waals surface area contributed by atoms with E-state index in [1.54, 1.807) is 0 Å². The van der Waals surface area contributed by atoms with Crippen LogP contribution in [0.25, 0.3) is 0 Å². The molecule has 0 radical (unpaired) electrons. The van der Waals surface area contributed by atoms with Gasteiger partial charge in [-0.2, -0.15) is 0 Å². The second kappa shape index (κ2) is 8.02. The summed E-state index contributed by atoms with van der Waals surface area (Å²) in [5.74, 6) is 0.675. The van der Waals surface area contributed by atoms with E-state index in [2.05, 4.69) is 10.6 Å². The lowest BCUT2D eigenvalue weighted by atomic mass is 10.2. The van der Waals surface area contributed by atoms with Crippen molar-refractivity contribution in [3.8, 4) is 5.75 Å². The zero-order valence-corrected chi connectivity index (χ0v) is 12.0. The number of carbonyl (C=O) groups is 1. The van der Waals surface area contributed by atoms with E-state index < -0.39 is 0 Å². The lowest BCUT2D eigenvalue weighted by Crippen LogP contribution is -2.39. The highest BCUT2D eigenvalue weighted by Gasteiger charge is 2.14. The summed E-state index contributed by atoms with van der Waals surface area (Å²) in [7, 11) is 0. The van der Waals surface area contributed by atoms with E-state index in [0.717, 1.165) is 24.3 Å². The summed E-state index contributed by atoms with van der Waals surface area (Å²) in [4.78, 5) is 11.6. The van der Waals surface area contributed by atoms with Gasteiger partial charge in [-0.15, -0.1) is 12.4 Å². The molecule has 0 saturated carbocycles. The second-order valence-electron chi connectivity index (χ2n) is 4.70. The fraction of sp³-hybridized carbons (Fsp3) is 0.500. The molecular weight excluding hydrogens is 264 g/mol. The average molecular weight is 285 g/mol. The first-order valence-electron chi connectivity index (χ1n) is 6.43. The van der Waals surface area contributed by atoms with E-state index in [0.29, 0.717) is 12.6 Å². The van der Waals surface area contributed by atoms with Gasteiger partial charge in [-0.1, -0.05) is 12.1 Å². The van der Waals surface area contributed by atoms with Crippen molar-refractivity contribution >= 4 is 18.3 Å². The highest BCUT2D eigenvalue weighted by molar-refractivity contribution is 5.85. The lowest BCUT2D eigenvalue weighted by Gasteiger charge is -2.12. The van der Waals surface area contributed by atoms with E-state index in [-0.39, 0.29) is 24.9 Å². The predicted molar refractivity (Wildman–Crippen MR) is 78.0 cm³/mol. The quantitative estimate of drug-likeness (QED) is 0.865.